The van der Waals surface area contributed by atoms with Crippen LogP contribution in [0, 0.1) is 17.8 Å². The summed E-state index contributed by atoms with van der Waals surface area (Å²) in [7, 11) is 4.27. The predicted octanol–water partition coefficient (Wildman–Crippen LogP) is 1.81. The molecule has 122 valence electrons. The van der Waals surface area contributed by atoms with E-state index in [4.69, 9.17) is 0 Å². The molecule has 0 aromatic heterocycles. The predicted molar refractivity (Wildman–Crippen MR) is 87.2 cm³/mol. The molecule has 0 spiro atoms. The second-order valence-corrected chi connectivity index (χ2v) is 7.37. The van der Waals surface area contributed by atoms with Crippen LogP contribution in [0.15, 0.2) is 0 Å². The van der Waals surface area contributed by atoms with E-state index in [1.54, 1.807) is 0 Å². The highest BCUT2D eigenvalue weighted by Crippen LogP contribution is 2.25. The SMILES string of the molecule is CC(CC(=O)N1CCC(CN(C)C)CC1)C1CCCNC1. The summed E-state index contributed by atoms with van der Waals surface area (Å²) in [5, 5.41) is 3.46. The topological polar surface area (TPSA) is 35.6 Å². The van der Waals surface area contributed by atoms with Crippen molar-refractivity contribution in [3.05, 3.63) is 0 Å². The average molecular weight is 295 g/mol. The van der Waals surface area contributed by atoms with E-state index in [9.17, 15) is 4.79 Å². The molecule has 2 fully saturated rings. The van der Waals surface area contributed by atoms with Gasteiger partial charge in [0, 0.05) is 26.1 Å². The summed E-state index contributed by atoms with van der Waals surface area (Å²) in [5.74, 6) is 2.36. The van der Waals surface area contributed by atoms with E-state index >= 15 is 0 Å². The lowest BCUT2D eigenvalue weighted by atomic mass is 9.85. The second kappa shape index (κ2) is 8.14. The number of rotatable bonds is 5. The van der Waals surface area contributed by atoms with Crippen LogP contribution in [0.25, 0.3) is 0 Å². The van der Waals surface area contributed by atoms with Gasteiger partial charge in [0.25, 0.3) is 0 Å². The number of nitrogens with one attached hydrogen (secondary N) is 1. The normalized spacial score (nSPS) is 26.1. The lowest BCUT2D eigenvalue weighted by Gasteiger charge is -2.35. The van der Waals surface area contributed by atoms with Crippen molar-refractivity contribution >= 4 is 5.91 Å². The van der Waals surface area contributed by atoms with Crippen molar-refractivity contribution in [2.45, 2.75) is 39.0 Å². The van der Waals surface area contributed by atoms with Gasteiger partial charge in [-0.1, -0.05) is 6.92 Å². The molecule has 0 saturated carbocycles. The molecule has 0 bridgehead atoms. The number of carbonyl (C=O) groups excluding carboxylic acids is 1. The minimum absolute atomic E-state index is 0.386. The standard InChI is InChI=1S/C17H33N3O/c1-14(16-5-4-8-18-12-16)11-17(21)20-9-6-15(7-10-20)13-19(2)3/h14-16,18H,4-13H2,1-3H3. The Bertz CT molecular complexity index is 318. The number of nitrogens with zero attached hydrogens (tertiary/aromatic N) is 2. The third-order valence-corrected chi connectivity index (χ3v) is 5.23. The maximum Gasteiger partial charge on any atom is 0.222 e. The molecule has 4 heteroatoms. The Morgan fingerprint density at radius 2 is 2.00 bits per heavy atom. The largest absolute Gasteiger partial charge is 0.343 e. The molecule has 2 atom stereocenters. The molecule has 2 rings (SSSR count). The number of hydrogen-bond donors (Lipinski definition) is 1. The van der Waals surface area contributed by atoms with Crippen molar-refractivity contribution in [3.63, 3.8) is 0 Å². The maximum atomic E-state index is 12.5. The Balaban J connectivity index is 1.71. The number of piperidine rings is 2. The van der Waals surface area contributed by atoms with Gasteiger partial charge in [-0.05, 0) is 70.6 Å². The minimum atomic E-state index is 0.386. The highest BCUT2D eigenvalue weighted by molar-refractivity contribution is 5.76. The summed E-state index contributed by atoms with van der Waals surface area (Å²) in [5.41, 5.74) is 0. The fourth-order valence-corrected chi connectivity index (χ4v) is 3.82. The Hall–Kier alpha value is -0.610. The van der Waals surface area contributed by atoms with Crippen molar-refractivity contribution in [1.29, 1.82) is 0 Å². The lowest BCUT2D eigenvalue weighted by molar-refractivity contribution is -0.134. The van der Waals surface area contributed by atoms with Crippen LogP contribution in [-0.2, 0) is 4.79 Å². The zero-order valence-electron chi connectivity index (χ0n) is 14.1. The molecule has 0 aliphatic carbocycles. The van der Waals surface area contributed by atoms with Crippen molar-refractivity contribution in [3.8, 4) is 0 Å². The summed E-state index contributed by atoms with van der Waals surface area (Å²) >= 11 is 0. The van der Waals surface area contributed by atoms with Gasteiger partial charge in [0.05, 0.1) is 0 Å². The van der Waals surface area contributed by atoms with Crippen LogP contribution >= 0.6 is 0 Å². The lowest BCUT2D eigenvalue weighted by Crippen LogP contribution is -2.42. The molecule has 2 aliphatic heterocycles. The molecule has 4 nitrogen and oxygen atoms in total. The molecule has 2 heterocycles. The fraction of sp³-hybridized carbons (Fsp3) is 0.941. The van der Waals surface area contributed by atoms with Crippen molar-refractivity contribution in [1.82, 2.24) is 15.1 Å². The van der Waals surface area contributed by atoms with Gasteiger partial charge >= 0.3 is 0 Å². The molecule has 1 amide bonds. The van der Waals surface area contributed by atoms with Crippen LogP contribution < -0.4 is 5.32 Å². The van der Waals surface area contributed by atoms with E-state index in [1.165, 1.54) is 25.7 Å². The van der Waals surface area contributed by atoms with Crippen molar-refractivity contribution in [2.75, 3.05) is 46.8 Å². The molecular weight excluding hydrogens is 262 g/mol. The molecule has 1 N–H and O–H groups in total. The summed E-state index contributed by atoms with van der Waals surface area (Å²) in [4.78, 5) is 16.8. The van der Waals surface area contributed by atoms with Crippen LogP contribution in [0.2, 0.25) is 0 Å². The highest BCUT2D eigenvalue weighted by Gasteiger charge is 2.27. The van der Waals surface area contributed by atoms with Gasteiger partial charge in [0.15, 0.2) is 0 Å². The Morgan fingerprint density at radius 3 is 2.57 bits per heavy atom. The van der Waals surface area contributed by atoms with Gasteiger partial charge in [-0.3, -0.25) is 4.79 Å². The van der Waals surface area contributed by atoms with Gasteiger partial charge in [-0.15, -0.1) is 0 Å². The first kappa shape index (κ1) is 16.8. The van der Waals surface area contributed by atoms with E-state index < -0.39 is 0 Å². The van der Waals surface area contributed by atoms with Crippen LogP contribution in [0.5, 0.6) is 0 Å². The van der Waals surface area contributed by atoms with Crippen molar-refractivity contribution < 1.29 is 4.79 Å². The third-order valence-electron chi connectivity index (χ3n) is 5.23. The first-order valence-electron chi connectivity index (χ1n) is 8.69. The highest BCUT2D eigenvalue weighted by atomic mass is 16.2. The number of carbonyl (C=O) groups is 1. The van der Waals surface area contributed by atoms with Crippen LogP contribution in [-0.4, -0.2) is 62.5 Å². The average Bonchev–Trinajstić information content (AvgIpc) is 2.48. The zero-order valence-corrected chi connectivity index (χ0v) is 14.1. The number of amides is 1. The van der Waals surface area contributed by atoms with E-state index in [0.717, 1.165) is 45.1 Å². The van der Waals surface area contributed by atoms with E-state index in [-0.39, 0.29) is 0 Å². The van der Waals surface area contributed by atoms with Gasteiger partial charge < -0.3 is 15.1 Å². The quantitative estimate of drug-likeness (QED) is 0.840. The summed E-state index contributed by atoms with van der Waals surface area (Å²) < 4.78 is 0. The summed E-state index contributed by atoms with van der Waals surface area (Å²) in [6.45, 7) is 7.59. The van der Waals surface area contributed by atoms with Crippen LogP contribution in [0.1, 0.15) is 39.0 Å². The smallest absolute Gasteiger partial charge is 0.222 e. The molecule has 0 aromatic carbocycles. The van der Waals surface area contributed by atoms with E-state index in [0.29, 0.717) is 17.7 Å². The fourth-order valence-electron chi connectivity index (χ4n) is 3.82. The van der Waals surface area contributed by atoms with E-state index in [1.807, 2.05) is 0 Å². The summed E-state index contributed by atoms with van der Waals surface area (Å²) in [6, 6.07) is 0. The molecule has 0 aromatic rings. The number of hydrogen-bond acceptors (Lipinski definition) is 3. The third kappa shape index (κ3) is 5.26. The molecule has 2 aliphatic rings. The molecule has 2 unspecified atom stereocenters. The second-order valence-electron chi connectivity index (χ2n) is 7.37. The minimum Gasteiger partial charge on any atom is -0.343 e. The first-order chi connectivity index (χ1) is 10.1. The Labute approximate surface area is 130 Å². The molecule has 21 heavy (non-hydrogen) atoms. The molecule has 0 radical (unpaired) electrons. The van der Waals surface area contributed by atoms with Crippen LogP contribution in [0.3, 0.4) is 0 Å². The molecule has 2 saturated heterocycles. The van der Waals surface area contributed by atoms with Gasteiger partial charge in [-0.25, -0.2) is 0 Å². The van der Waals surface area contributed by atoms with Crippen molar-refractivity contribution in [2.24, 2.45) is 17.8 Å². The zero-order chi connectivity index (χ0) is 15.2. The van der Waals surface area contributed by atoms with Gasteiger partial charge in [0.1, 0.15) is 0 Å². The molecular formula is C17H33N3O. The van der Waals surface area contributed by atoms with Gasteiger partial charge in [0.2, 0.25) is 5.91 Å². The monoisotopic (exact) mass is 295 g/mol. The maximum absolute atomic E-state index is 12.5. The number of likely N-dealkylation sites (tertiary alicyclic amines) is 1. The summed E-state index contributed by atoms with van der Waals surface area (Å²) in [6.07, 6.45) is 5.63. The first-order valence-corrected chi connectivity index (χ1v) is 8.69. The Kier molecular flexibility index (Phi) is 6.49. The van der Waals surface area contributed by atoms with Gasteiger partial charge in [-0.2, -0.15) is 0 Å². The van der Waals surface area contributed by atoms with E-state index in [2.05, 4.69) is 36.1 Å². The van der Waals surface area contributed by atoms with Crippen LogP contribution in [0.4, 0.5) is 0 Å². The Morgan fingerprint density at radius 1 is 1.29 bits per heavy atom.